The molecule has 0 bridgehead atoms. The molecule has 6 nitrogen and oxygen atoms in total. The Morgan fingerprint density at radius 3 is 2.41 bits per heavy atom. The van der Waals surface area contributed by atoms with Gasteiger partial charge in [0, 0.05) is 16.9 Å². The van der Waals surface area contributed by atoms with E-state index in [1.807, 2.05) is 0 Å². The molecule has 0 aliphatic carbocycles. The zero-order valence-corrected chi connectivity index (χ0v) is 14.1. The Morgan fingerprint density at radius 2 is 1.74 bits per heavy atom. The second-order valence-electron chi connectivity index (χ2n) is 5.63. The molecule has 3 rings (SSSR count). The second-order valence-corrected chi connectivity index (χ2v) is 5.63. The predicted molar refractivity (Wildman–Crippen MR) is 94.3 cm³/mol. The van der Waals surface area contributed by atoms with Crippen LogP contribution in [-0.4, -0.2) is 21.0 Å². The smallest absolute Gasteiger partial charge is 0.339 e. The number of aromatic nitrogens is 3. The zero-order valence-electron chi connectivity index (χ0n) is 14.1. The van der Waals surface area contributed by atoms with E-state index in [4.69, 9.17) is 0 Å². The first kappa shape index (κ1) is 18.3. The van der Waals surface area contributed by atoms with Gasteiger partial charge in [-0.25, -0.2) is 0 Å². The van der Waals surface area contributed by atoms with E-state index in [1.165, 1.54) is 25.3 Å². The number of benzene rings is 2. The van der Waals surface area contributed by atoms with Gasteiger partial charge in [-0.2, -0.15) is 23.3 Å². The Morgan fingerprint density at radius 1 is 1.00 bits per heavy atom. The molecule has 0 radical (unpaired) electrons. The highest BCUT2D eigenvalue weighted by Gasteiger charge is 2.30. The van der Waals surface area contributed by atoms with Crippen LogP contribution in [0.1, 0.15) is 22.8 Å². The summed E-state index contributed by atoms with van der Waals surface area (Å²) in [5, 5.41) is 13.3. The quantitative estimate of drug-likeness (QED) is 0.637. The Balaban J connectivity index is 1.75. The third-order valence-corrected chi connectivity index (χ3v) is 3.57. The number of halogens is 3. The molecule has 0 spiro atoms. The summed E-state index contributed by atoms with van der Waals surface area (Å²) in [7, 11) is 0. The average molecular weight is 373 g/mol. The minimum atomic E-state index is -4.43. The summed E-state index contributed by atoms with van der Waals surface area (Å²) in [5.74, 6) is 0.335. The molecule has 0 fully saturated rings. The summed E-state index contributed by atoms with van der Waals surface area (Å²) in [6, 6.07) is 11.4. The van der Waals surface area contributed by atoms with Gasteiger partial charge in [0.2, 0.25) is 5.95 Å². The predicted octanol–water partition coefficient (Wildman–Crippen LogP) is 4.58. The number of alkyl halides is 3. The highest BCUT2D eigenvalue weighted by atomic mass is 19.4. The van der Waals surface area contributed by atoms with Crippen molar-refractivity contribution in [3.05, 3.63) is 65.9 Å². The molecular weight excluding hydrogens is 359 g/mol. The van der Waals surface area contributed by atoms with Crippen molar-refractivity contribution in [3.63, 3.8) is 0 Å². The molecule has 0 atom stereocenters. The van der Waals surface area contributed by atoms with Crippen molar-refractivity contribution in [2.24, 2.45) is 0 Å². The van der Waals surface area contributed by atoms with E-state index in [0.29, 0.717) is 11.3 Å². The fourth-order valence-corrected chi connectivity index (χ4v) is 2.26. The van der Waals surface area contributed by atoms with Crippen LogP contribution in [0.25, 0.3) is 0 Å². The molecule has 138 valence electrons. The molecule has 9 heteroatoms. The monoisotopic (exact) mass is 373 g/mol. The van der Waals surface area contributed by atoms with Crippen LogP contribution in [0.15, 0.2) is 54.7 Å². The fourth-order valence-electron chi connectivity index (χ4n) is 2.26. The zero-order chi connectivity index (χ0) is 19.4. The minimum absolute atomic E-state index is 0.0493. The molecule has 27 heavy (non-hydrogen) atoms. The van der Waals surface area contributed by atoms with E-state index in [1.54, 1.807) is 24.3 Å². The SMILES string of the molecule is CC(=O)c1ccc(Nc2nncc(Nc3cccc(C(F)(F)F)c3)n2)cc1. The lowest BCUT2D eigenvalue weighted by atomic mass is 10.1. The summed E-state index contributed by atoms with van der Waals surface area (Å²) in [4.78, 5) is 15.5. The molecule has 1 heterocycles. The van der Waals surface area contributed by atoms with Gasteiger partial charge in [0.25, 0.3) is 0 Å². The van der Waals surface area contributed by atoms with Gasteiger partial charge in [-0.15, -0.1) is 5.10 Å². The Hall–Kier alpha value is -3.49. The molecule has 3 aromatic rings. The van der Waals surface area contributed by atoms with E-state index in [9.17, 15) is 18.0 Å². The number of anilines is 4. The van der Waals surface area contributed by atoms with Crippen LogP contribution in [0.3, 0.4) is 0 Å². The summed E-state index contributed by atoms with van der Waals surface area (Å²) in [6.07, 6.45) is -3.13. The number of ketones is 1. The molecule has 1 aromatic heterocycles. The van der Waals surface area contributed by atoms with Gasteiger partial charge in [0.05, 0.1) is 11.8 Å². The molecule has 0 aliphatic heterocycles. The lowest BCUT2D eigenvalue weighted by Crippen LogP contribution is -2.06. The molecule has 0 aliphatic rings. The first-order valence-corrected chi connectivity index (χ1v) is 7.83. The van der Waals surface area contributed by atoms with Gasteiger partial charge < -0.3 is 10.6 Å². The van der Waals surface area contributed by atoms with Crippen LogP contribution in [0.5, 0.6) is 0 Å². The summed E-state index contributed by atoms with van der Waals surface area (Å²) in [5.41, 5.74) is 0.665. The van der Waals surface area contributed by atoms with Gasteiger partial charge >= 0.3 is 6.18 Å². The van der Waals surface area contributed by atoms with Crippen molar-refractivity contribution in [1.29, 1.82) is 0 Å². The van der Waals surface area contributed by atoms with Crippen LogP contribution < -0.4 is 10.6 Å². The first-order chi connectivity index (χ1) is 12.8. The van der Waals surface area contributed by atoms with Crippen LogP contribution >= 0.6 is 0 Å². The van der Waals surface area contributed by atoms with E-state index >= 15 is 0 Å². The van der Waals surface area contributed by atoms with Gasteiger partial charge in [0.15, 0.2) is 11.6 Å². The van der Waals surface area contributed by atoms with E-state index in [0.717, 1.165) is 12.1 Å². The van der Waals surface area contributed by atoms with Gasteiger partial charge in [-0.1, -0.05) is 6.07 Å². The first-order valence-electron chi connectivity index (χ1n) is 7.83. The largest absolute Gasteiger partial charge is 0.416 e. The number of carbonyl (C=O) groups excluding carboxylic acids is 1. The van der Waals surface area contributed by atoms with Crippen LogP contribution in [-0.2, 0) is 6.18 Å². The second kappa shape index (κ2) is 7.40. The van der Waals surface area contributed by atoms with E-state index < -0.39 is 11.7 Å². The molecule has 0 amide bonds. The number of carbonyl (C=O) groups is 1. The lowest BCUT2D eigenvalue weighted by Gasteiger charge is -2.10. The Bertz CT molecular complexity index is 958. The number of hydrogen-bond donors (Lipinski definition) is 2. The van der Waals surface area contributed by atoms with Crippen LogP contribution in [0, 0.1) is 0 Å². The van der Waals surface area contributed by atoms with Crippen molar-refractivity contribution in [3.8, 4) is 0 Å². The van der Waals surface area contributed by atoms with Gasteiger partial charge in [0.1, 0.15) is 0 Å². The van der Waals surface area contributed by atoms with Crippen molar-refractivity contribution in [2.75, 3.05) is 10.6 Å². The average Bonchev–Trinajstić information content (AvgIpc) is 2.62. The van der Waals surface area contributed by atoms with Gasteiger partial charge in [-0.05, 0) is 49.4 Å². The fraction of sp³-hybridized carbons (Fsp3) is 0.111. The van der Waals surface area contributed by atoms with Crippen molar-refractivity contribution >= 4 is 28.9 Å². The topological polar surface area (TPSA) is 79.8 Å². The van der Waals surface area contributed by atoms with Crippen molar-refractivity contribution in [2.45, 2.75) is 13.1 Å². The minimum Gasteiger partial charge on any atom is -0.339 e. The number of nitrogens with zero attached hydrogens (tertiary/aromatic N) is 3. The third kappa shape index (κ3) is 4.78. The standard InChI is InChI=1S/C18H14F3N5O/c1-11(27)12-5-7-14(8-6-12)24-17-25-16(10-22-26-17)23-15-4-2-3-13(9-15)18(19,20)21/h2-10H,1H3,(H2,23,24,25,26). The number of nitrogens with one attached hydrogen (secondary N) is 2. The summed E-state index contributed by atoms with van der Waals surface area (Å²) in [6.45, 7) is 1.47. The molecular formula is C18H14F3N5O. The Labute approximate surface area is 152 Å². The lowest BCUT2D eigenvalue weighted by molar-refractivity contribution is -0.137. The molecule has 0 unspecified atom stereocenters. The van der Waals surface area contributed by atoms with E-state index in [-0.39, 0.29) is 23.2 Å². The summed E-state index contributed by atoms with van der Waals surface area (Å²) < 4.78 is 38.4. The maximum Gasteiger partial charge on any atom is 0.416 e. The van der Waals surface area contributed by atoms with Crippen LogP contribution in [0.2, 0.25) is 0 Å². The highest BCUT2D eigenvalue weighted by Crippen LogP contribution is 2.31. The molecule has 0 saturated carbocycles. The molecule has 2 aromatic carbocycles. The van der Waals surface area contributed by atoms with E-state index in [2.05, 4.69) is 25.8 Å². The maximum atomic E-state index is 12.8. The van der Waals surface area contributed by atoms with Crippen molar-refractivity contribution in [1.82, 2.24) is 15.2 Å². The molecule has 2 N–H and O–H groups in total. The Kier molecular flexibility index (Phi) is 5.02. The van der Waals surface area contributed by atoms with Crippen molar-refractivity contribution < 1.29 is 18.0 Å². The highest BCUT2D eigenvalue weighted by molar-refractivity contribution is 5.94. The number of rotatable bonds is 5. The van der Waals surface area contributed by atoms with Gasteiger partial charge in [-0.3, -0.25) is 4.79 Å². The number of hydrogen-bond acceptors (Lipinski definition) is 6. The summed E-state index contributed by atoms with van der Waals surface area (Å²) >= 11 is 0. The molecule has 0 saturated heterocycles. The maximum absolute atomic E-state index is 12.8. The normalized spacial score (nSPS) is 11.1. The van der Waals surface area contributed by atoms with Crippen LogP contribution in [0.4, 0.5) is 36.3 Å². The number of Topliss-reactive ketones (excluding diaryl/α,β-unsaturated/α-hetero) is 1. The third-order valence-electron chi connectivity index (χ3n) is 3.57.